The Labute approximate surface area is 113 Å². The Morgan fingerprint density at radius 1 is 1.47 bits per heavy atom. The van der Waals surface area contributed by atoms with Crippen molar-refractivity contribution in [2.75, 3.05) is 0 Å². The third-order valence-corrected chi connectivity index (χ3v) is 3.13. The Hall–Kier alpha value is -1.88. The van der Waals surface area contributed by atoms with Gasteiger partial charge < -0.3 is 10.5 Å². The quantitative estimate of drug-likeness (QED) is 0.895. The number of ether oxygens (including phenoxy) is 1. The van der Waals surface area contributed by atoms with Gasteiger partial charge in [0.05, 0.1) is 11.9 Å². The number of pyridine rings is 1. The zero-order valence-corrected chi connectivity index (χ0v) is 11.6. The molecule has 0 aromatic carbocycles. The molecule has 0 bridgehead atoms. The summed E-state index contributed by atoms with van der Waals surface area (Å²) in [6, 6.07) is 3.84. The minimum atomic E-state index is 0.124. The molecule has 0 aliphatic rings. The van der Waals surface area contributed by atoms with Crippen LogP contribution in [0.4, 0.5) is 0 Å². The Morgan fingerprint density at radius 3 is 2.89 bits per heavy atom. The second kappa shape index (κ2) is 5.84. The zero-order chi connectivity index (χ0) is 13.8. The maximum atomic E-state index is 6.04. The molecule has 0 radical (unpaired) electrons. The second-order valence-corrected chi connectivity index (χ2v) is 4.66. The van der Waals surface area contributed by atoms with Crippen molar-refractivity contribution in [1.82, 2.24) is 14.8 Å². The molecule has 102 valence electrons. The Balaban J connectivity index is 2.28. The van der Waals surface area contributed by atoms with Gasteiger partial charge in [0, 0.05) is 24.8 Å². The largest absolute Gasteiger partial charge is 0.437 e. The van der Waals surface area contributed by atoms with Crippen molar-refractivity contribution >= 4 is 0 Å². The van der Waals surface area contributed by atoms with Crippen LogP contribution in [0, 0.1) is 6.92 Å². The van der Waals surface area contributed by atoms with Crippen LogP contribution in [-0.4, -0.2) is 20.8 Å². The van der Waals surface area contributed by atoms with Gasteiger partial charge in [0.25, 0.3) is 0 Å². The molecule has 5 heteroatoms. The molecule has 2 N–H and O–H groups in total. The molecule has 2 rings (SSSR count). The standard InChI is InChI=1S/C14H20N4O/c1-4-11(15)8-13-10(2)17-18(3)14(13)19-12-6-5-7-16-9-12/h5-7,9,11H,4,8,15H2,1-3H3. The van der Waals surface area contributed by atoms with Gasteiger partial charge in [0.2, 0.25) is 5.88 Å². The predicted molar refractivity (Wildman–Crippen MR) is 74.2 cm³/mol. The van der Waals surface area contributed by atoms with Crippen molar-refractivity contribution in [3.8, 4) is 11.6 Å². The predicted octanol–water partition coefficient (Wildman–Crippen LogP) is 2.20. The molecular formula is C14H20N4O. The highest BCUT2D eigenvalue weighted by Crippen LogP contribution is 2.27. The summed E-state index contributed by atoms with van der Waals surface area (Å²) in [4.78, 5) is 4.04. The summed E-state index contributed by atoms with van der Waals surface area (Å²) in [5, 5.41) is 4.41. The summed E-state index contributed by atoms with van der Waals surface area (Å²) < 4.78 is 7.64. The zero-order valence-electron chi connectivity index (χ0n) is 11.6. The molecule has 2 heterocycles. The first kappa shape index (κ1) is 13.5. The minimum Gasteiger partial charge on any atom is -0.437 e. The molecule has 0 fully saturated rings. The second-order valence-electron chi connectivity index (χ2n) is 4.66. The van der Waals surface area contributed by atoms with Gasteiger partial charge in [-0.3, -0.25) is 4.98 Å². The van der Waals surface area contributed by atoms with E-state index < -0.39 is 0 Å². The smallest absolute Gasteiger partial charge is 0.221 e. The van der Waals surface area contributed by atoms with Gasteiger partial charge in [0.1, 0.15) is 5.75 Å². The first-order valence-corrected chi connectivity index (χ1v) is 6.47. The topological polar surface area (TPSA) is 66.0 Å². The van der Waals surface area contributed by atoms with Crippen molar-refractivity contribution in [1.29, 1.82) is 0 Å². The fourth-order valence-electron chi connectivity index (χ4n) is 1.97. The van der Waals surface area contributed by atoms with Gasteiger partial charge in [0.15, 0.2) is 0 Å². The number of hydrogen-bond donors (Lipinski definition) is 1. The number of aromatic nitrogens is 3. The fraction of sp³-hybridized carbons (Fsp3) is 0.429. The number of rotatable bonds is 5. The Morgan fingerprint density at radius 2 is 2.26 bits per heavy atom. The monoisotopic (exact) mass is 260 g/mol. The first-order valence-electron chi connectivity index (χ1n) is 6.47. The summed E-state index contributed by atoms with van der Waals surface area (Å²) in [6.45, 7) is 4.06. The van der Waals surface area contributed by atoms with Crippen molar-refractivity contribution in [2.45, 2.75) is 32.7 Å². The highest BCUT2D eigenvalue weighted by molar-refractivity contribution is 5.35. The van der Waals surface area contributed by atoms with Gasteiger partial charge in [-0.2, -0.15) is 5.10 Å². The third kappa shape index (κ3) is 3.12. The molecule has 0 saturated carbocycles. The first-order chi connectivity index (χ1) is 9.11. The van der Waals surface area contributed by atoms with Crippen molar-refractivity contribution in [3.63, 3.8) is 0 Å². The van der Waals surface area contributed by atoms with Crippen LogP contribution in [0.15, 0.2) is 24.5 Å². The van der Waals surface area contributed by atoms with E-state index >= 15 is 0 Å². The van der Waals surface area contributed by atoms with E-state index in [-0.39, 0.29) is 6.04 Å². The van der Waals surface area contributed by atoms with E-state index in [0.717, 1.165) is 30.0 Å². The van der Waals surface area contributed by atoms with Crippen LogP contribution < -0.4 is 10.5 Å². The average molecular weight is 260 g/mol. The number of hydrogen-bond acceptors (Lipinski definition) is 4. The van der Waals surface area contributed by atoms with E-state index in [1.807, 2.05) is 26.1 Å². The molecule has 0 saturated heterocycles. The molecule has 1 unspecified atom stereocenters. The summed E-state index contributed by atoms with van der Waals surface area (Å²) >= 11 is 0. The molecule has 2 aromatic rings. The highest BCUT2D eigenvalue weighted by Gasteiger charge is 2.17. The van der Waals surface area contributed by atoms with Crippen molar-refractivity contribution in [2.24, 2.45) is 12.8 Å². The third-order valence-electron chi connectivity index (χ3n) is 3.13. The molecule has 0 spiro atoms. The van der Waals surface area contributed by atoms with E-state index in [9.17, 15) is 0 Å². The molecule has 0 amide bonds. The molecule has 2 aromatic heterocycles. The molecule has 5 nitrogen and oxygen atoms in total. The maximum Gasteiger partial charge on any atom is 0.221 e. The van der Waals surface area contributed by atoms with Crippen LogP contribution in [0.5, 0.6) is 11.6 Å². The average Bonchev–Trinajstić information content (AvgIpc) is 2.67. The lowest BCUT2D eigenvalue weighted by Gasteiger charge is -2.11. The Kier molecular flexibility index (Phi) is 4.16. The lowest BCUT2D eigenvalue weighted by molar-refractivity contribution is 0.422. The summed E-state index contributed by atoms with van der Waals surface area (Å²) in [6.07, 6.45) is 5.10. The van der Waals surface area contributed by atoms with Crippen LogP contribution in [0.25, 0.3) is 0 Å². The maximum absolute atomic E-state index is 6.04. The summed E-state index contributed by atoms with van der Waals surface area (Å²) in [5.41, 5.74) is 8.07. The highest BCUT2D eigenvalue weighted by atomic mass is 16.5. The van der Waals surface area contributed by atoms with Gasteiger partial charge in [-0.15, -0.1) is 0 Å². The number of aryl methyl sites for hydroxylation is 2. The number of nitrogens with two attached hydrogens (primary N) is 1. The van der Waals surface area contributed by atoms with Gasteiger partial charge in [-0.25, -0.2) is 4.68 Å². The minimum absolute atomic E-state index is 0.124. The van der Waals surface area contributed by atoms with Crippen LogP contribution in [0.1, 0.15) is 24.6 Å². The van der Waals surface area contributed by atoms with Crippen LogP contribution in [-0.2, 0) is 13.5 Å². The van der Waals surface area contributed by atoms with E-state index in [4.69, 9.17) is 10.5 Å². The van der Waals surface area contributed by atoms with Crippen molar-refractivity contribution < 1.29 is 4.74 Å². The number of nitrogens with zero attached hydrogens (tertiary/aromatic N) is 3. The molecule has 19 heavy (non-hydrogen) atoms. The Bertz CT molecular complexity index is 536. The molecule has 0 aliphatic carbocycles. The van der Waals surface area contributed by atoms with Crippen LogP contribution in [0.2, 0.25) is 0 Å². The van der Waals surface area contributed by atoms with Gasteiger partial charge in [-0.1, -0.05) is 6.92 Å². The van der Waals surface area contributed by atoms with E-state index in [2.05, 4.69) is 17.0 Å². The lowest BCUT2D eigenvalue weighted by Crippen LogP contribution is -2.21. The fourth-order valence-corrected chi connectivity index (χ4v) is 1.97. The summed E-state index contributed by atoms with van der Waals surface area (Å²) in [5.74, 6) is 1.45. The van der Waals surface area contributed by atoms with E-state index in [1.165, 1.54) is 0 Å². The van der Waals surface area contributed by atoms with E-state index in [1.54, 1.807) is 17.1 Å². The van der Waals surface area contributed by atoms with Crippen LogP contribution in [0.3, 0.4) is 0 Å². The van der Waals surface area contributed by atoms with E-state index in [0.29, 0.717) is 5.75 Å². The van der Waals surface area contributed by atoms with Gasteiger partial charge in [-0.05, 0) is 31.9 Å². The SMILES string of the molecule is CCC(N)Cc1c(C)nn(C)c1Oc1cccnc1. The normalized spacial score (nSPS) is 12.4. The van der Waals surface area contributed by atoms with Gasteiger partial charge >= 0.3 is 0 Å². The lowest BCUT2D eigenvalue weighted by atomic mass is 10.1. The molecular weight excluding hydrogens is 240 g/mol. The summed E-state index contributed by atoms with van der Waals surface area (Å²) in [7, 11) is 1.87. The molecule has 1 atom stereocenters. The molecule has 0 aliphatic heterocycles. The van der Waals surface area contributed by atoms with Crippen molar-refractivity contribution in [3.05, 3.63) is 35.8 Å². The van der Waals surface area contributed by atoms with Crippen LogP contribution >= 0.6 is 0 Å².